The summed E-state index contributed by atoms with van der Waals surface area (Å²) >= 11 is 0. The molecule has 0 aromatic heterocycles. The Kier molecular flexibility index (Phi) is 6.68. The van der Waals surface area contributed by atoms with Gasteiger partial charge in [-0.2, -0.15) is 0 Å². The summed E-state index contributed by atoms with van der Waals surface area (Å²) in [5.41, 5.74) is 5.65. The molecule has 0 heterocycles. The summed E-state index contributed by atoms with van der Waals surface area (Å²) in [5.74, 6) is 0. The van der Waals surface area contributed by atoms with E-state index >= 15 is 0 Å². The zero-order valence-electron chi connectivity index (χ0n) is 8.11. The molecule has 3 atom stereocenters. The van der Waals surface area contributed by atoms with Gasteiger partial charge < -0.3 is 5.73 Å². The zero-order chi connectivity index (χ0) is 11.9. The molecule has 0 aromatic carbocycles. The number of hydrogen-bond donors (Lipinski definition) is 3. The van der Waals surface area contributed by atoms with Gasteiger partial charge in [-0.05, 0) is 13.3 Å². The maximum Gasteiger partial charge on any atom is 0.745 e. The first-order valence-corrected chi connectivity index (χ1v) is 6.23. The number of rotatable bonds is 2. The third kappa shape index (κ3) is 9.82. The van der Waals surface area contributed by atoms with E-state index in [1.54, 1.807) is 0 Å². The van der Waals surface area contributed by atoms with E-state index in [0.717, 1.165) is 6.42 Å². The molecule has 6 nitrogen and oxygen atoms in total. The molecule has 3 unspecified atom stereocenters. The quantitative estimate of drug-likeness (QED) is 0.643. The average molecular weight is 253 g/mol. The summed E-state index contributed by atoms with van der Waals surface area (Å²) in [6, 6.07) is 0. The average Bonchev–Trinajstić information content (AvgIpc) is 2.01. The van der Waals surface area contributed by atoms with E-state index in [2.05, 4.69) is 10.4 Å². The molecule has 0 aromatic rings. The van der Waals surface area contributed by atoms with Gasteiger partial charge in [-0.1, -0.05) is 24.3 Å². The molecule has 1 aliphatic rings. The van der Waals surface area contributed by atoms with E-state index in [0.29, 0.717) is 0 Å². The topological polar surface area (TPSA) is 110 Å². The highest BCUT2D eigenvalue weighted by Gasteiger charge is 2.31. The van der Waals surface area contributed by atoms with Crippen molar-refractivity contribution in [1.82, 2.24) is 0 Å². The first kappa shape index (κ1) is 14.5. The number of nitrogens with two attached hydrogens (primary N) is 1. The Morgan fingerprint density at radius 1 is 1.33 bits per heavy atom. The van der Waals surface area contributed by atoms with Crippen LogP contribution in [0.4, 0.5) is 0 Å². The predicted molar refractivity (Wildman–Crippen MR) is 56.2 cm³/mol. The fraction of sp³-hybridized carbons (Fsp3) is 0.429. The standard InChI is InChI=1S/C7H11N.O5P2/c1-7(8)5-3-2-4-6-7;1-6(2)5-7(3)4/h2-5H,6,8H2,1H3;/p+2. The summed E-state index contributed by atoms with van der Waals surface area (Å²) in [6.07, 6.45) is 9.08. The van der Waals surface area contributed by atoms with Crippen molar-refractivity contribution in [1.29, 1.82) is 0 Å². The molecule has 0 radical (unpaired) electrons. The molecular formula is C7H13NO5P2+2. The summed E-state index contributed by atoms with van der Waals surface area (Å²) in [5, 5.41) is 0. The van der Waals surface area contributed by atoms with Gasteiger partial charge in [0.05, 0.1) is 0 Å². The van der Waals surface area contributed by atoms with E-state index in [9.17, 15) is 9.13 Å². The smallest absolute Gasteiger partial charge is 0.322 e. The summed E-state index contributed by atoms with van der Waals surface area (Å²) < 4.78 is 22.2. The molecule has 1 rings (SSSR count). The van der Waals surface area contributed by atoms with Crippen LogP contribution in [-0.4, -0.2) is 15.3 Å². The molecule has 84 valence electrons. The predicted octanol–water partition coefficient (Wildman–Crippen LogP) is 1.52. The van der Waals surface area contributed by atoms with Crippen LogP contribution < -0.4 is 5.73 Å². The van der Waals surface area contributed by atoms with Gasteiger partial charge in [-0.15, -0.1) is 9.79 Å². The van der Waals surface area contributed by atoms with Crippen molar-refractivity contribution in [3.05, 3.63) is 24.3 Å². The molecule has 0 fully saturated rings. The highest BCUT2D eigenvalue weighted by atomic mass is 31.2. The van der Waals surface area contributed by atoms with Crippen molar-refractivity contribution in [2.24, 2.45) is 5.73 Å². The van der Waals surface area contributed by atoms with Gasteiger partial charge in [0.15, 0.2) is 4.31 Å². The Morgan fingerprint density at radius 2 is 1.87 bits per heavy atom. The second-order valence-electron chi connectivity index (χ2n) is 3.05. The zero-order valence-corrected chi connectivity index (χ0v) is 9.90. The lowest BCUT2D eigenvalue weighted by Gasteiger charge is -2.19. The third-order valence-corrected chi connectivity index (χ3v) is 2.54. The van der Waals surface area contributed by atoms with Crippen LogP contribution in [0.2, 0.25) is 0 Å². The second kappa shape index (κ2) is 6.90. The Bertz CT molecular complexity index is 288. The van der Waals surface area contributed by atoms with Gasteiger partial charge in [0.2, 0.25) is 0 Å². The van der Waals surface area contributed by atoms with Crippen molar-refractivity contribution in [2.75, 3.05) is 0 Å². The highest BCUT2D eigenvalue weighted by molar-refractivity contribution is 7.46. The molecule has 0 bridgehead atoms. The van der Waals surface area contributed by atoms with Gasteiger partial charge >= 0.3 is 16.5 Å². The van der Waals surface area contributed by atoms with Gasteiger partial charge in [-0.3, -0.25) is 0 Å². The highest BCUT2D eigenvalue weighted by Crippen LogP contribution is 2.30. The number of hydrogen-bond acceptors (Lipinski definition) is 4. The molecule has 0 spiro atoms. The summed E-state index contributed by atoms with van der Waals surface area (Å²) in [4.78, 5) is 15.3. The van der Waals surface area contributed by atoms with Crippen molar-refractivity contribution >= 4 is 16.5 Å². The largest absolute Gasteiger partial charge is 0.745 e. The fourth-order valence-electron chi connectivity index (χ4n) is 0.804. The van der Waals surface area contributed by atoms with Crippen LogP contribution in [0.1, 0.15) is 13.3 Å². The third-order valence-electron chi connectivity index (χ3n) is 1.42. The Hall–Kier alpha value is -0.480. The van der Waals surface area contributed by atoms with Gasteiger partial charge in [0.1, 0.15) is 0 Å². The van der Waals surface area contributed by atoms with Crippen molar-refractivity contribution in [3.8, 4) is 0 Å². The number of allylic oxidation sites excluding steroid dienone is 2. The van der Waals surface area contributed by atoms with E-state index in [1.807, 2.05) is 25.2 Å². The first-order chi connectivity index (χ1) is 6.83. The van der Waals surface area contributed by atoms with E-state index in [1.165, 1.54) is 0 Å². The maximum atomic E-state index is 9.39. The lowest BCUT2D eigenvalue weighted by molar-refractivity contribution is 0.371. The van der Waals surface area contributed by atoms with Gasteiger partial charge in [0.25, 0.3) is 0 Å². The van der Waals surface area contributed by atoms with Crippen LogP contribution in [0.5, 0.6) is 0 Å². The second-order valence-corrected chi connectivity index (χ2v) is 4.66. The summed E-state index contributed by atoms with van der Waals surface area (Å²) in [6.45, 7) is 2.02. The van der Waals surface area contributed by atoms with Gasteiger partial charge in [0, 0.05) is 14.7 Å². The lowest BCUT2D eigenvalue weighted by Crippen LogP contribution is -2.33. The molecule has 1 aliphatic carbocycles. The van der Waals surface area contributed by atoms with Crippen LogP contribution in [0.15, 0.2) is 24.3 Å². The molecule has 0 aliphatic heterocycles. The molecule has 8 heteroatoms. The maximum absolute atomic E-state index is 9.39. The Balaban J connectivity index is 0.000000265. The van der Waals surface area contributed by atoms with E-state index in [-0.39, 0.29) is 5.54 Å². The minimum absolute atomic E-state index is 0.0885. The van der Waals surface area contributed by atoms with Crippen molar-refractivity contribution < 1.29 is 23.2 Å². The van der Waals surface area contributed by atoms with Crippen LogP contribution in [-0.2, 0) is 13.4 Å². The van der Waals surface area contributed by atoms with Crippen LogP contribution in [0, 0.1) is 0 Å². The minimum Gasteiger partial charge on any atom is -0.322 e. The van der Waals surface area contributed by atoms with Crippen LogP contribution >= 0.6 is 16.5 Å². The monoisotopic (exact) mass is 253 g/mol. The van der Waals surface area contributed by atoms with E-state index < -0.39 is 16.5 Å². The summed E-state index contributed by atoms with van der Waals surface area (Å²) in [7, 11) is -5.85. The lowest BCUT2D eigenvalue weighted by atomic mass is 9.95. The molecular weight excluding hydrogens is 240 g/mol. The van der Waals surface area contributed by atoms with Crippen LogP contribution in [0.3, 0.4) is 0 Å². The first-order valence-electron chi connectivity index (χ1n) is 3.97. The van der Waals surface area contributed by atoms with Gasteiger partial charge in [-0.25, -0.2) is 0 Å². The molecule has 0 saturated heterocycles. The SMILES string of the molecule is CC1(N)C=CC=CC1.O=[P+](O)O[P+](=O)O. The van der Waals surface area contributed by atoms with Crippen LogP contribution in [0.25, 0.3) is 0 Å². The minimum atomic E-state index is -2.92. The Morgan fingerprint density at radius 3 is 2.00 bits per heavy atom. The van der Waals surface area contributed by atoms with Crippen molar-refractivity contribution in [3.63, 3.8) is 0 Å². The normalized spacial score (nSPS) is 25.3. The molecule has 15 heavy (non-hydrogen) atoms. The molecule has 0 saturated carbocycles. The Labute approximate surface area is 89.3 Å². The molecule has 4 N–H and O–H groups in total. The molecule has 0 amide bonds. The van der Waals surface area contributed by atoms with E-state index in [4.69, 9.17) is 15.5 Å². The van der Waals surface area contributed by atoms with Crippen molar-refractivity contribution in [2.45, 2.75) is 18.9 Å². The fourth-order valence-corrected chi connectivity index (χ4v) is 1.28.